The monoisotopic (exact) mass is 243 g/mol. The molecular weight excluding hydrogens is 229 g/mol. The molecule has 0 saturated carbocycles. The lowest BCUT2D eigenvalue weighted by Gasteiger charge is -2.20. The fraction of sp³-hybridized carbons (Fsp3) is 0.500. The van der Waals surface area contributed by atoms with Gasteiger partial charge in [-0.25, -0.2) is 4.39 Å². The van der Waals surface area contributed by atoms with Crippen LogP contribution in [0.5, 0.6) is 0 Å². The topological polar surface area (TPSA) is 21.3 Å². The highest BCUT2D eigenvalue weighted by atomic mass is 35.5. The van der Waals surface area contributed by atoms with E-state index in [9.17, 15) is 4.39 Å². The van der Waals surface area contributed by atoms with E-state index in [0.717, 1.165) is 19.6 Å². The fourth-order valence-electron chi connectivity index (χ4n) is 1.93. The zero-order chi connectivity index (χ0) is 11.5. The van der Waals surface area contributed by atoms with Gasteiger partial charge in [0.1, 0.15) is 0 Å². The lowest BCUT2D eigenvalue weighted by atomic mass is 10.0. The number of hydrogen-bond acceptors (Lipinski definition) is 2. The highest BCUT2D eigenvalue weighted by molar-refractivity contribution is 6.31. The first-order valence-electron chi connectivity index (χ1n) is 5.47. The molecule has 1 N–H and O–H groups in total. The van der Waals surface area contributed by atoms with Crippen LogP contribution >= 0.6 is 11.6 Å². The average Bonchev–Trinajstić information content (AvgIpc) is 2.78. The van der Waals surface area contributed by atoms with Crippen molar-refractivity contribution in [3.05, 3.63) is 29.0 Å². The van der Waals surface area contributed by atoms with Gasteiger partial charge in [0.25, 0.3) is 0 Å². The smallest absolute Gasteiger partial charge is 0.164 e. The predicted molar refractivity (Wildman–Crippen MR) is 63.4 cm³/mol. The summed E-state index contributed by atoms with van der Waals surface area (Å²) in [5.41, 5.74) is 0.465. The van der Waals surface area contributed by atoms with Crippen LogP contribution in [-0.2, 0) is 4.74 Å². The van der Waals surface area contributed by atoms with Crippen molar-refractivity contribution < 1.29 is 9.13 Å². The number of halogens is 2. The number of ether oxygens (including phenoxy) is 1. The Balaban J connectivity index is 2.05. The molecule has 0 aromatic heterocycles. The molecule has 0 spiro atoms. The minimum Gasteiger partial charge on any atom is -0.381 e. The van der Waals surface area contributed by atoms with Gasteiger partial charge >= 0.3 is 0 Å². The minimum atomic E-state index is -0.380. The molecule has 1 aliphatic heterocycles. The van der Waals surface area contributed by atoms with Crippen LogP contribution in [0.4, 0.5) is 10.1 Å². The molecule has 1 aliphatic rings. The Hall–Kier alpha value is -0.800. The van der Waals surface area contributed by atoms with E-state index in [4.69, 9.17) is 16.3 Å². The van der Waals surface area contributed by atoms with Gasteiger partial charge in [-0.2, -0.15) is 0 Å². The van der Waals surface area contributed by atoms with Crippen LogP contribution in [-0.4, -0.2) is 19.3 Å². The molecule has 1 aromatic rings. The molecule has 0 radical (unpaired) electrons. The Morgan fingerprint density at radius 1 is 1.56 bits per heavy atom. The van der Waals surface area contributed by atoms with E-state index in [2.05, 4.69) is 5.32 Å². The van der Waals surface area contributed by atoms with Crippen LogP contribution < -0.4 is 5.32 Å². The molecule has 88 valence electrons. The zero-order valence-corrected chi connectivity index (χ0v) is 9.93. The SMILES string of the molecule is CC(Nc1cccc(Cl)c1F)C1CCOC1. The summed E-state index contributed by atoms with van der Waals surface area (Å²) in [6.45, 7) is 3.59. The Bertz CT molecular complexity index is 366. The third kappa shape index (κ3) is 2.47. The number of benzene rings is 1. The van der Waals surface area contributed by atoms with Crippen molar-refractivity contribution in [1.82, 2.24) is 0 Å². The molecule has 0 aliphatic carbocycles. The predicted octanol–water partition coefficient (Wildman–Crippen LogP) is 3.32. The maximum atomic E-state index is 13.6. The van der Waals surface area contributed by atoms with Crippen molar-refractivity contribution in [1.29, 1.82) is 0 Å². The first kappa shape index (κ1) is 11.7. The van der Waals surface area contributed by atoms with Crippen LogP contribution in [0.1, 0.15) is 13.3 Å². The van der Waals surface area contributed by atoms with E-state index in [0.29, 0.717) is 11.6 Å². The average molecular weight is 244 g/mol. The summed E-state index contributed by atoms with van der Waals surface area (Å²) in [7, 11) is 0. The van der Waals surface area contributed by atoms with Gasteiger partial charge in [-0.3, -0.25) is 0 Å². The number of rotatable bonds is 3. The standard InChI is InChI=1S/C12H15ClFNO/c1-8(9-5-6-16-7-9)15-11-4-2-3-10(13)12(11)14/h2-4,8-9,15H,5-7H2,1H3. The van der Waals surface area contributed by atoms with Crippen molar-refractivity contribution in [3.8, 4) is 0 Å². The van der Waals surface area contributed by atoms with Gasteiger partial charge in [0.05, 0.1) is 17.3 Å². The lowest BCUT2D eigenvalue weighted by Crippen LogP contribution is -2.26. The van der Waals surface area contributed by atoms with Crippen LogP contribution in [0.15, 0.2) is 18.2 Å². The van der Waals surface area contributed by atoms with Crippen molar-refractivity contribution >= 4 is 17.3 Å². The molecule has 2 atom stereocenters. The summed E-state index contributed by atoms with van der Waals surface area (Å²) >= 11 is 5.72. The first-order valence-corrected chi connectivity index (χ1v) is 5.84. The van der Waals surface area contributed by atoms with Crippen LogP contribution in [0, 0.1) is 11.7 Å². The zero-order valence-electron chi connectivity index (χ0n) is 9.17. The summed E-state index contributed by atoms with van der Waals surface area (Å²) in [6, 6.07) is 5.18. The Labute approximate surface area is 99.7 Å². The summed E-state index contributed by atoms with van der Waals surface area (Å²) < 4.78 is 18.9. The molecule has 2 rings (SSSR count). The molecule has 1 fully saturated rings. The van der Waals surface area contributed by atoms with E-state index >= 15 is 0 Å². The first-order chi connectivity index (χ1) is 7.68. The van der Waals surface area contributed by atoms with Crippen molar-refractivity contribution in [2.75, 3.05) is 18.5 Å². The van der Waals surface area contributed by atoms with Crippen LogP contribution in [0.25, 0.3) is 0 Å². The largest absolute Gasteiger partial charge is 0.381 e. The molecule has 2 nitrogen and oxygen atoms in total. The van der Waals surface area contributed by atoms with Gasteiger partial charge in [0.15, 0.2) is 5.82 Å². The van der Waals surface area contributed by atoms with E-state index in [1.807, 2.05) is 6.92 Å². The summed E-state index contributed by atoms with van der Waals surface area (Å²) in [5, 5.41) is 3.31. The minimum absolute atomic E-state index is 0.153. The van der Waals surface area contributed by atoms with Gasteiger partial charge in [-0.1, -0.05) is 17.7 Å². The molecule has 0 amide bonds. The Kier molecular flexibility index (Phi) is 3.66. The summed E-state index contributed by atoms with van der Waals surface area (Å²) in [5.74, 6) is 0.0633. The highest BCUT2D eigenvalue weighted by Gasteiger charge is 2.22. The molecule has 1 saturated heterocycles. The van der Waals surface area contributed by atoms with E-state index in [1.165, 1.54) is 0 Å². The van der Waals surface area contributed by atoms with Gasteiger partial charge in [-0.15, -0.1) is 0 Å². The van der Waals surface area contributed by atoms with Gasteiger partial charge in [0.2, 0.25) is 0 Å². The second kappa shape index (κ2) is 5.02. The number of anilines is 1. The normalized spacial score (nSPS) is 22.1. The summed E-state index contributed by atoms with van der Waals surface area (Å²) in [6.07, 6.45) is 1.02. The quantitative estimate of drug-likeness (QED) is 0.880. The number of nitrogens with one attached hydrogen (secondary N) is 1. The third-order valence-corrected chi connectivity index (χ3v) is 3.30. The molecular formula is C12H15ClFNO. The van der Waals surface area contributed by atoms with Crippen molar-refractivity contribution in [2.45, 2.75) is 19.4 Å². The maximum Gasteiger partial charge on any atom is 0.164 e. The molecule has 4 heteroatoms. The molecule has 1 heterocycles. The van der Waals surface area contributed by atoms with Crippen molar-refractivity contribution in [3.63, 3.8) is 0 Å². The van der Waals surface area contributed by atoms with Gasteiger partial charge < -0.3 is 10.1 Å². The Morgan fingerprint density at radius 2 is 2.38 bits per heavy atom. The van der Waals surface area contributed by atoms with Crippen LogP contribution in [0.3, 0.4) is 0 Å². The molecule has 2 unspecified atom stereocenters. The maximum absolute atomic E-state index is 13.6. The fourth-order valence-corrected chi connectivity index (χ4v) is 2.10. The number of hydrogen-bond donors (Lipinski definition) is 1. The van der Waals surface area contributed by atoms with Gasteiger partial charge in [0, 0.05) is 18.6 Å². The summed E-state index contributed by atoms with van der Waals surface area (Å²) in [4.78, 5) is 0. The second-order valence-corrected chi connectivity index (χ2v) is 4.57. The van der Waals surface area contributed by atoms with Gasteiger partial charge in [-0.05, 0) is 25.5 Å². The highest BCUT2D eigenvalue weighted by Crippen LogP contribution is 2.25. The van der Waals surface area contributed by atoms with Crippen LogP contribution in [0.2, 0.25) is 5.02 Å². The van der Waals surface area contributed by atoms with E-state index in [-0.39, 0.29) is 16.9 Å². The van der Waals surface area contributed by atoms with E-state index in [1.54, 1.807) is 18.2 Å². The third-order valence-electron chi connectivity index (χ3n) is 3.01. The van der Waals surface area contributed by atoms with Crippen molar-refractivity contribution in [2.24, 2.45) is 5.92 Å². The molecule has 16 heavy (non-hydrogen) atoms. The molecule has 0 bridgehead atoms. The molecule has 1 aromatic carbocycles. The second-order valence-electron chi connectivity index (χ2n) is 4.16. The lowest BCUT2D eigenvalue weighted by molar-refractivity contribution is 0.183. The Morgan fingerprint density at radius 3 is 3.06 bits per heavy atom. The van der Waals surface area contributed by atoms with E-state index < -0.39 is 0 Å².